The number of hydrogen-bond donors (Lipinski definition) is 1. The predicted molar refractivity (Wildman–Crippen MR) is 110 cm³/mol. The topological polar surface area (TPSA) is 87.7 Å². The molecule has 2 amide bonds. The van der Waals surface area contributed by atoms with Crippen LogP contribution in [0.2, 0.25) is 0 Å². The number of thioether (sulfide) groups is 1. The van der Waals surface area contributed by atoms with Crippen molar-refractivity contribution in [3.05, 3.63) is 35.9 Å². The van der Waals surface area contributed by atoms with Crippen LogP contribution in [0, 0.1) is 0 Å². The van der Waals surface area contributed by atoms with Crippen LogP contribution >= 0.6 is 23.1 Å². The van der Waals surface area contributed by atoms with Crippen molar-refractivity contribution in [2.45, 2.75) is 17.8 Å². The lowest BCUT2D eigenvalue weighted by atomic mass is 10.2. The van der Waals surface area contributed by atoms with Gasteiger partial charge in [0.25, 0.3) is 0 Å². The number of ether oxygens (including phenoxy) is 1. The molecule has 0 radical (unpaired) electrons. The van der Waals surface area contributed by atoms with Gasteiger partial charge in [-0.25, -0.2) is 4.79 Å². The molecule has 10 heteroatoms. The zero-order chi connectivity index (χ0) is 19.8. The summed E-state index contributed by atoms with van der Waals surface area (Å²) in [4.78, 5) is 27.5. The Morgan fingerprint density at radius 3 is 2.57 bits per heavy atom. The molecule has 3 rings (SSSR count). The number of nitrogens with one attached hydrogen (secondary N) is 1. The molecule has 1 aromatic heterocycles. The number of benzene rings is 1. The number of piperazine rings is 1. The van der Waals surface area contributed by atoms with Crippen LogP contribution < -0.4 is 5.32 Å². The van der Waals surface area contributed by atoms with Crippen LogP contribution in [0.1, 0.15) is 12.5 Å². The Kier molecular flexibility index (Phi) is 7.49. The second-order valence-corrected chi connectivity index (χ2v) is 8.27. The molecule has 1 aliphatic rings. The van der Waals surface area contributed by atoms with Crippen molar-refractivity contribution >= 4 is 40.2 Å². The highest BCUT2D eigenvalue weighted by Crippen LogP contribution is 2.26. The van der Waals surface area contributed by atoms with Crippen molar-refractivity contribution in [1.82, 2.24) is 20.0 Å². The molecule has 1 aliphatic heterocycles. The van der Waals surface area contributed by atoms with Crippen LogP contribution in [-0.4, -0.2) is 70.5 Å². The molecule has 1 fully saturated rings. The van der Waals surface area contributed by atoms with E-state index in [9.17, 15) is 9.59 Å². The molecule has 150 valence electrons. The van der Waals surface area contributed by atoms with E-state index in [1.54, 1.807) is 16.7 Å². The highest BCUT2D eigenvalue weighted by atomic mass is 32.2. The van der Waals surface area contributed by atoms with Gasteiger partial charge in [-0.15, -0.1) is 10.2 Å². The van der Waals surface area contributed by atoms with Gasteiger partial charge in [0.05, 0.1) is 12.4 Å². The van der Waals surface area contributed by atoms with Crippen molar-refractivity contribution < 1.29 is 14.3 Å². The normalized spacial score (nSPS) is 14.0. The molecular weight excluding hydrogens is 398 g/mol. The highest BCUT2D eigenvalue weighted by molar-refractivity contribution is 8.01. The maximum absolute atomic E-state index is 12.4. The Balaban J connectivity index is 1.39. The lowest BCUT2D eigenvalue weighted by Gasteiger charge is -2.33. The number of anilines is 1. The van der Waals surface area contributed by atoms with Gasteiger partial charge in [-0.3, -0.25) is 4.79 Å². The van der Waals surface area contributed by atoms with E-state index in [-0.39, 0.29) is 12.0 Å². The number of carbonyl (C=O) groups excluding carboxylic acids is 2. The molecule has 0 atom stereocenters. The largest absolute Gasteiger partial charge is 0.450 e. The number of aromatic nitrogens is 2. The van der Waals surface area contributed by atoms with Gasteiger partial charge in [0, 0.05) is 32.7 Å². The molecule has 2 heterocycles. The standard InChI is InChI=1S/C18H23N5O3S2/c1-2-26-18(25)23-10-8-22(9-11-23)15(24)13-27-17-21-20-16(28-17)19-12-14-6-4-3-5-7-14/h3-7H,2,8-13H2,1H3,(H,19,20). The smallest absolute Gasteiger partial charge is 0.409 e. The predicted octanol–water partition coefficient (Wildman–Crippen LogP) is 2.54. The van der Waals surface area contributed by atoms with Crippen LogP contribution in [0.15, 0.2) is 34.7 Å². The second-order valence-electron chi connectivity index (χ2n) is 6.07. The summed E-state index contributed by atoms with van der Waals surface area (Å²) >= 11 is 2.83. The molecule has 0 aliphatic carbocycles. The second kappa shape index (κ2) is 10.3. The minimum absolute atomic E-state index is 0.0440. The Morgan fingerprint density at radius 1 is 1.14 bits per heavy atom. The summed E-state index contributed by atoms with van der Waals surface area (Å²) in [5.74, 6) is 0.356. The highest BCUT2D eigenvalue weighted by Gasteiger charge is 2.24. The number of rotatable bonds is 7. The molecule has 0 spiro atoms. The first kappa shape index (κ1) is 20.4. The van der Waals surface area contributed by atoms with Crippen LogP contribution in [0.5, 0.6) is 0 Å². The van der Waals surface area contributed by atoms with Crippen LogP contribution in [0.3, 0.4) is 0 Å². The monoisotopic (exact) mass is 421 g/mol. The van der Waals surface area contributed by atoms with Gasteiger partial charge in [-0.2, -0.15) is 0 Å². The molecule has 1 N–H and O–H groups in total. The maximum atomic E-state index is 12.4. The Labute approximate surface area is 172 Å². The molecule has 0 saturated carbocycles. The molecular formula is C18H23N5O3S2. The third-order valence-corrected chi connectivity index (χ3v) is 6.17. The van der Waals surface area contributed by atoms with E-state index >= 15 is 0 Å². The molecule has 0 unspecified atom stereocenters. The molecule has 1 saturated heterocycles. The lowest BCUT2D eigenvalue weighted by molar-refractivity contribution is -0.129. The molecule has 0 bridgehead atoms. The summed E-state index contributed by atoms with van der Waals surface area (Å²) in [6.45, 7) is 4.88. The van der Waals surface area contributed by atoms with E-state index in [1.165, 1.54) is 28.7 Å². The zero-order valence-corrected chi connectivity index (χ0v) is 17.3. The van der Waals surface area contributed by atoms with Crippen molar-refractivity contribution in [3.8, 4) is 0 Å². The molecule has 1 aromatic carbocycles. The van der Waals surface area contributed by atoms with Crippen LogP contribution in [-0.2, 0) is 16.1 Å². The van der Waals surface area contributed by atoms with Crippen molar-refractivity contribution in [2.75, 3.05) is 43.9 Å². The van der Waals surface area contributed by atoms with Gasteiger partial charge in [0.15, 0.2) is 4.34 Å². The average molecular weight is 422 g/mol. The van der Waals surface area contributed by atoms with Crippen molar-refractivity contribution in [2.24, 2.45) is 0 Å². The third kappa shape index (κ3) is 5.83. The van der Waals surface area contributed by atoms with E-state index in [0.29, 0.717) is 45.1 Å². The van der Waals surface area contributed by atoms with E-state index in [2.05, 4.69) is 15.5 Å². The first-order valence-electron chi connectivity index (χ1n) is 9.09. The first-order valence-corrected chi connectivity index (χ1v) is 10.9. The lowest BCUT2D eigenvalue weighted by Crippen LogP contribution is -2.51. The van der Waals surface area contributed by atoms with Crippen molar-refractivity contribution in [1.29, 1.82) is 0 Å². The summed E-state index contributed by atoms with van der Waals surface area (Å²) in [6, 6.07) is 10.1. The minimum atomic E-state index is -0.312. The summed E-state index contributed by atoms with van der Waals surface area (Å²) in [5, 5.41) is 12.2. The zero-order valence-electron chi connectivity index (χ0n) is 15.7. The summed E-state index contributed by atoms with van der Waals surface area (Å²) < 4.78 is 5.75. The Hall–Kier alpha value is -2.33. The Bertz CT molecular complexity index is 779. The van der Waals surface area contributed by atoms with Gasteiger partial charge in [0.1, 0.15) is 0 Å². The number of hydrogen-bond acceptors (Lipinski definition) is 8. The van der Waals surface area contributed by atoms with E-state index < -0.39 is 0 Å². The molecule has 28 heavy (non-hydrogen) atoms. The van der Waals surface area contributed by atoms with Crippen LogP contribution in [0.25, 0.3) is 0 Å². The fourth-order valence-electron chi connectivity index (χ4n) is 2.68. The molecule has 8 nitrogen and oxygen atoms in total. The average Bonchev–Trinajstić information content (AvgIpc) is 3.19. The summed E-state index contributed by atoms with van der Waals surface area (Å²) in [5.41, 5.74) is 1.17. The fraction of sp³-hybridized carbons (Fsp3) is 0.444. The first-order chi connectivity index (χ1) is 13.7. The van der Waals surface area contributed by atoms with E-state index in [1.807, 2.05) is 30.3 Å². The van der Waals surface area contributed by atoms with Gasteiger partial charge in [-0.05, 0) is 12.5 Å². The van der Waals surface area contributed by atoms with Gasteiger partial charge in [0.2, 0.25) is 11.0 Å². The van der Waals surface area contributed by atoms with Gasteiger partial charge in [-0.1, -0.05) is 53.4 Å². The quantitative estimate of drug-likeness (QED) is 0.688. The van der Waals surface area contributed by atoms with E-state index in [0.717, 1.165) is 9.47 Å². The van der Waals surface area contributed by atoms with Crippen LogP contribution in [0.4, 0.5) is 9.93 Å². The fourth-order valence-corrected chi connectivity index (χ4v) is 4.33. The van der Waals surface area contributed by atoms with Crippen molar-refractivity contribution in [3.63, 3.8) is 0 Å². The van der Waals surface area contributed by atoms with E-state index in [4.69, 9.17) is 4.74 Å². The number of carbonyl (C=O) groups is 2. The minimum Gasteiger partial charge on any atom is -0.450 e. The Morgan fingerprint density at radius 2 is 1.86 bits per heavy atom. The molecule has 2 aromatic rings. The number of amides is 2. The van der Waals surface area contributed by atoms with Gasteiger partial charge < -0.3 is 19.9 Å². The summed E-state index contributed by atoms with van der Waals surface area (Å²) in [6.07, 6.45) is -0.312. The third-order valence-electron chi connectivity index (χ3n) is 4.17. The number of nitrogens with zero attached hydrogens (tertiary/aromatic N) is 4. The SMILES string of the molecule is CCOC(=O)N1CCN(C(=O)CSc2nnc(NCc3ccccc3)s2)CC1. The maximum Gasteiger partial charge on any atom is 0.409 e. The van der Waals surface area contributed by atoms with Gasteiger partial charge >= 0.3 is 6.09 Å². The summed E-state index contributed by atoms with van der Waals surface area (Å²) in [7, 11) is 0.